The van der Waals surface area contributed by atoms with Crippen molar-refractivity contribution in [2.24, 2.45) is 11.8 Å². The Balaban J connectivity index is 1.80. The first-order valence-corrected chi connectivity index (χ1v) is 12.8. The summed E-state index contributed by atoms with van der Waals surface area (Å²) in [4.78, 5) is 0.311. The summed E-state index contributed by atoms with van der Waals surface area (Å²) < 4.78 is 54.2. The summed E-state index contributed by atoms with van der Waals surface area (Å²) in [7, 11) is -7.16. The van der Waals surface area contributed by atoms with Gasteiger partial charge in [0.25, 0.3) is 0 Å². The van der Waals surface area contributed by atoms with Crippen molar-refractivity contribution >= 4 is 20.0 Å². The van der Waals surface area contributed by atoms with Crippen LogP contribution in [0.1, 0.15) is 46.0 Å². The summed E-state index contributed by atoms with van der Waals surface area (Å²) in [5, 5.41) is 0. The van der Waals surface area contributed by atoms with Crippen LogP contribution in [0.15, 0.2) is 34.1 Å². The molecule has 1 aromatic rings. The molecule has 1 aliphatic heterocycles. The van der Waals surface area contributed by atoms with Gasteiger partial charge in [0, 0.05) is 26.2 Å². The van der Waals surface area contributed by atoms with Crippen LogP contribution in [0.5, 0.6) is 0 Å². The summed E-state index contributed by atoms with van der Waals surface area (Å²) in [5.41, 5.74) is 0. The van der Waals surface area contributed by atoms with Crippen molar-refractivity contribution < 1.29 is 16.8 Å². The maximum absolute atomic E-state index is 13.0. The number of sulfonamides is 2. The highest BCUT2D eigenvalue weighted by Gasteiger charge is 2.36. The molecule has 3 rings (SSSR count). The highest BCUT2D eigenvalue weighted by atomic mass is 32.2. The third kappa shape index (κ3) is 4.09. The van der Waals surface area contributed by atoms with Crippen LogP contribution >= 0.6 is 0 Å². The predicted molar refractivity (Wildman–Crippen MR) is 105 cm³/mol. The largest absolute Gasteiger partial charge is 0.243 e. The Hall–Kier alpha value is -0.960. The number of hydrogen-bond acceptors (Lipinski definition) is 4. The Labute approximate surface area is 163 Å². The van der Waals surface area contributed by atoms with Crippen molar-refractivity contribution in [3.63, 3.8) is 0 Å². The standard InChI is InChI=1S/C19H30N2O4S2/c1-3-20(4-2)26(22,23)18-9-11-19(12-10-18)27(24,25)21-14-13-16-7-5-6-8-17(16)15-21/h9-12,16-17H,3-8,13-15H2,1-2H3/t16-,17+/m0/s1. The highest BCUT2D eigenvalue weighted by molar-refractivity contribution is 7.89. The van der Waals surface area contributed by atoms with E-state index in [0.717, 1.165) is 12.8 Å². The van der Waals surface area contributed by atoms with Crippen LogP contribution in [-0.4, -0.2) is 51.6 Å². The van der Waals surface area contributed by atoms with Gasteiger partial charge in [-0.25, -0.2) is 16.8 Å². The van der Waals surface area contributed by atoms with Crippen LogP contribution in [-0.2, 0) is 20.0 Å². The van der Waals surface area contributed by atoms with E-state index in [-0.39, 0.29) is 9.79 Å². The van der Waals surface area contributed by atoms with Crippen LogP contribution in [0.4, 0.5) is 0 Å². The first kappa shape index (κ1) is 20.8. The number of benzene rings is 1. The summed E-state index contributed by atoms with van der Waals surface area (Å²) in [5.74, 6) is 1.12. The van der Waals surface area contributed by atoms with Gasteiger partial charge in [0.1, 0.15) is 0 Å². The average Bonchev–Trinajstić information content (AvgIpc) is 2.68. The molecule has 0 N–H and O–H groups in total. The molecular weight excluding hydrogens is 384 g/mol. The molecule has 0 radical (unpaired) electrons. The average molecular weight is 415 g/mol. The molecule has 27 heavy (non-hydrogen) atoms. The van der Waals surface area contributed by atoms with Gasteiger partial charge in [0.2, 0.25) is 20.0 Å². The van der Waals surface area contributed by atoms with Crippen LogP contribution in [0.25, 0.3) is 0 Å². The van der Waals surface area contributed by atoms with Gasteiger partial charge in [-0.1, -0.05) is 33.1 Å². The molecule has 2 aliphatic rings. The molecule has 0 spiro atoms. The Kier molecular flexibility index (Phi) is 6.30. The molecule has 2 fully saturated rings. The van der Waals surface area contributed by atoms with E-state index in [1.807, 2.05) is 0 Å². The van der Waals surface area contributed by atoms with Gasteiger partial charge < -0.3 is 0 Å². The van der Waals surface area contributed by atoms with E-state index in [0.29, 0.717) is 38.0 Å². The molecule has 1 aromatic carbocycles. The lowest BCUT2D eigenvalue weighted by Gasteiger charge is -2.40. The number of rotatable bonds is 6. The molecule has 8 heteroatoms. The van der Waals surface area contributed by atoms with Crippen LogP contribution in [0.2, 0.25) is 0 Å². The third-order valence-electron chi connectivity index (χ3n) is 6.06. The number of hydrogen-bond donors (Lipinski definition) is 0. The van der Waals surface area contributed by atoms with Gasteiger partial charge in [-0.05, 0) is 48.9 Å². The molecule has 1 saturated carbocycles. The lowest BCUT2D eigenvalue weighted by Crippen LogP contribution is -2.44. The lowest BCUT2D eigenvalue weighted by atomic mass is 9.76. The van der Waals surface area contributed by atoms with Crippen molar-refractivity contribution in [3.8, 4) is 0 Å². The van der Waals surface area contributed by atoms with Gasteiger partial charge in [0.05, 0.1) is 9.79 Å². The zero-order valence-corrected chi connectivity index (χ0v) is 17.8. The highest BCUT2D eigenvalue weighted by Crippen LogP contribution is 2.37. The predicted octanol–water partition coefficient (Wildman–Crippen LogP) is 2.92. The smallest absolute Gasteiger partial charge is 0.207 e. The first-order valence-electron chi connectivity index (χ1n) is 9.91. The molecule has 0 bridgehead atoms. The van der Waals surface area contributed by atoms with Crippen molar-refractivity contribution in [1.82, 2.24) is 8.61 Å². The molecule has 0 unspecified atom stereocenters. The van der Waals surface area contributed by atoms with Crippen LogP contribution in [0.3, 0.4) is 0 Å². The minimum atomic E-state index is -3.58. The molecular formula is C19H30N2O4S2. The van der Waals surface area contributed by atoms with Gasteiger partial charge in [0.15, 0.2) is 0 Å². The topological polar surface area (TPSA) is 74.8 Å². The zero-order chi connectivity index (χ0) is 19.7. The molecule has 1 heterocycles. The third-order valence-corrected chi connectivity index (χ3v) is 10.0. The van der Waals surface area contributed by atoms with Crippen molar-refractivity contribution in [2.75, 3.05) is 26.2 Å². The van der Waals surface area contributed by atoms with Crippen molar-refractivity contribution in [3.05, 3.63) is 24.3 Å². The maximum Gasteiger partial charge on any atom is 0.243 e. The van der Waals surface area contributed by atoms with Gasteiger partial charge in [-0.2, -0.15) is 8.61 Å². The van der Waals surface area contributed by atoms with E-state index in [1.54, 1.807) is 18.2 Å². The second kappa shape index (κ2) is 8.19. The van der Waals surface area contributed by atoms with E-state index in [1.165, 1.54) is 47.8 Å². The molecule has 6 nitrogen and oxygen atoms in total. The minimum Gasteiger partial charge on any atom is -0.207 e. The Morgan fingerprint density at radius 1 is 0.889 bits per heavy atom. The van der Waals surface area contributed by atoms with E-state index in [9.17, 15) is 16.8 Å². The molecule has 2 atom stereocenters. The van der Waals surface area contributed by atoms with E-state index < -0.39 is 20.0 Å². The quantitative estimate of drug-likeness (QED) is 0.717. The van der Waals surface area contributed by atoms with Crippen molar-refractivity contribution in [1.29, 1.82) is 0 Å². The van der Waals surface area contributed by atoms with Gasteiger partial charge in [-0.3, -0.25) is 0 Å². The first-order chi connectivity index (χ1) is 12.8. The summed E-state index contributed by atoms with van der Waals surface area (Å²) in [6, 6.07) is 5.68. The second-order valence-electron chi connectivity index (χ2n) is 7.52. The van der Waals surface area contributed by atoms with E-state index in [2.05, 4.69) is 0 Å². The second-order valence-corrected chi connectivity index (χ2v) is 11.4. The zero-order valence-electron chi connectivity index (χ0n) is 16.2. The molecule has 1 aliphatic carbocycles. The normalized spacial score (nSPS) is 24.7. The van der Waals surface area contributed by atoms with Crippen LogP contribution in [0, 0.1) is 11.8 Å². The minimum absolute atomic E-state index is 0.135. The lowest BCUT2D eigenvalue weighted by molar-refractivity contribution is 0.136. The maximum atomic E-state index is 13.0. The Morgan fingerprint density at radius 3 is 2.04 bits per heavy atom. The molecule has 152 valence electrons. The summed E-state index contributed by atoms with van der Waals surface area (Å²) in [6.07, 6.45) is 5.70. The fourth-order valence-electron chi connectivity index (χ4n) is 4.43. The van der Waals surface area contributed by atoms with Crippen LogP contribution < -0.4 is 0 Å². The Morgan fingerprint density at radius 2 is 1.44 bits per heavy atom. The number of fused-ring (bicyclic) bond motifs is 1. The fourth-order valence-corrected chi connectivity index (χ4v) is 7.40. The fraction of sp³-hybridized carbons (Fsp3) is 0.684. The van der Waals surface area contributed by atoms with E-state index in [4.69, 9.17) is 0 Å². The molecule has 0 aromatic heterocycles. The molecule has 1 saturated heterocycles. The van der Waals surface area contributed by atoms with E-state index >= 15 is 0 Å². The Bertz CT molecular complexity index is 846. The summed E-state index contributed by atoms with van der Waals surface area (Å²) >= 11 is 0. The number of piperidine rings is 1. The van der Waals surface area contributed by atoms with Gasteiger partial charge in [-0.15, -0.1) is 0 Å². The molecule has 0 amide bonds. The summed E-state index contributed by atoms with van der Waals surface area (Å²) in [6.45, 7) is 5.49. The monoisotopic (exact) mass is 414 g/mol. The van der Waals surface area contributed by atoms with Crippen molar-refractivity contribution in [2.45, 2.75) is 55.7 Å². The van der Waals surface area contributed by atoms with Gasteiger partial charge >= 0.3 is 0 Å². The number of nitrogens with zero attached hydrogens (tertiary/aromatic N) is 2. The SMILES string of the molecule is CCN(CC)S(=O)(=O)c1ccc(S(=O)(=O)N2CC[C@@H]3CCCC[C@@H]3C2)cc1.